The zero-order chi connectivity index (χ0) is 20.4. The van der Waals surface area contributed by atoms with Gasteiger partial charge in [0, 0.05) is 37.4 Å². The lowest BCUT2D eigenvalue weighted by molar-refractivity contribution is -0.155. The van der Waals surface area contributed by atoms with Crippen molar-refractivity contribution in [1.29, 1.82) is 0 Å². The van der Waals surface area contributed by atoms with Crippen LogP contribution in [0.5, 0.6) is 0 Å². The minimum atomic E-state index is -4.60. The van der Waals surface area contributed by atoms with Gasteiger partial charge in [-0.1, -0.05) is 18.2 Å². The van der Waals surface area contributed by atoms with Crippen LogP contribution in [0.4, 0.5) is 18.9 Å². The van der Waals surface area contributed by atoms with Gasteiger partial charge in [-0.15, -0.1) is 0 Å². The van der Waals surface area contributed by atoms with Gasteiger partial charge in [0.25, 0.3) is 5.91 Å². The molecule has 2 heterocycles. The Labute approximate surface area is 166 Å². The summed E-state index contributed by atoms with van der Waals surface area (Å²) >= 11 is 0. The molecule has 0 aliphatic carbocycles. The average molecular weight is 405 g/mol. The number of carbonyl (C=O) groups is 1. The average Bonchev–Trinajstić information content (AvgIpc) is 3.20. The van der Waals surface area contributed by atoms with E-state index in [0.29, 0.717) is 39.4 Å². The molecule has 1 amide bonds. The van der Waals surface area contributed by atoms with E-state index in [1.165, 1.54) is 12.1 Å². The summed E-state index contributed by atoms with van der Waals surface area (Å²) in [6, 6.07) is 9.10. The fourth-order valence-corrected chi connectivity index (χ4v) is 3.70. The van der Waals surface area contributed by atoms with Crippen molar-refractivity contribution in [1.82, 2.24) is 10.6 Å². The third-order valence-electron chi connectivity index (χ3n) is 5.30. The smallest absolute Gasteiger partial charge is 0.378 e. The second kappa shape index (κ2) is 8.04. The molecule has 2 N–H and O–H groups in total. The van der Waals surface area contributed by atoms with Gasteiger partial charge >= 0.3 is 6.18 Å². The van der Waals surface area contributed by atoms with Crippen LogP contribution in [0.3, 0.4) is 0 Å². The maximum absolute atomic E-state index is 13.7. The standard InChI is InChI=1S/C21H22F3N3O2/c22-21(23,24)19(14-3-5-18(6-4-14)27-7-9-29-10-8-27)26-20(28)15-1-2-16-12-25-13-17(16)11-15/h1-6,11,19,25H,7-10,12-13H2,(H,26,28)/t19-/m1/s1. The fraction of sp³-hybridized carbons (Fsp3) is 0.381. The quantitative estimate of drug-likeness (QED) is 0.821. The molecule has 5 nitrogen and oxygen atoms in total. The lowest BCUT2D eigenvalue weighted by Crippen LogP contribution is -2.38. The van der Waals surface area contributed by atoms with Crippen LogP contribution >= 0.6 is 0 Å². The molecule has 2 aromatic carbocycles. The van der Waals surface area contributed by atoms with E-state index >= 15 is 0 Å². The van der Waals surface area contributed by atoms with Crippen LogP contribution in [0.1, 0.15) is 33.1 Å². The summed E-state index contributed by atoms with van der Waals surface area (Å²) in [4.78, 5) is 14.6. The number of fused-ring (bicyclic) bond motifs is 1. The largest absolute Gasteiger partial charge is 0.412 e. The molecule has 0 saturated carbocycles. The summed E-state index contributed by atoms with van der Waals surface area (Å²) in [7, 11) is 0. The van der Waals surface area contributed by atoms with Crippen LogP contribution in [-0.4, -0.2) is 38.4 Å². The second-order valence-electron chi connectivity index (χ2n) is 7.23. The van der Waals surface area contributed by atoms with Crippen LogP contribution in [0.2, 0.25) is 0 Å². The van der Waals surface area contributed by atoms with E-state index in [4.69, 9.17) is 4.74 Å². The summed E-state index contributed by atoms with van der Waals surface area (Å²) in [6.07, 6.45) is -4.60. The van der Waals surface area contributed by atoms with Crippen molar-refractivity contribution in [2.45, 2.75) is 25.3 Å². The van der Waals surface area contributed by atoms with Gasteiger partial charge in [0.2, 0.25) is 0 Å². The fourth-order valence-electron chi connectivity index (χ4n) is 3.70. The third-order valence-corrected chi connectivity index (χ3v) is 5.30. The summed E-state index contributed by atoms with van der Waals surface area (Å²) in [6.45, 7) is 3.91. The van der Waals surface area contributed by atoms with Crippen molar-refractivity contribution in [3.63, 3.8) is 0 Å². The number of ether oxygens (including phenoxy) is 1. The molecule has 4 rings (SSSR count). The van der Waals surface area contributed by atoms with E-state index < -0.39 is 18.1 Å². The van der Waals surface area contributed by atoms with E-state index in [-0.39, 0.29) is 11.1 Å². The van der Waals surface area contributed by atoms with E-state index in [9.17, 15) is 18.0 Å². The molecular weight excluding hydrogens is 383 g/mol. The van der Waals surface area contributed by atoms with E-state index in [1.807, 2.05) is 0 Å². The first-order valence-corrected chi connectivity index (χ1v) is 9.54. The topological polar surface area (TPSA) is 53.6 Å². The molecule has 0 unspecified atom stereocenters. The molecule has 1 atom stereocenters. The first-order valence-electron chi connectivity index (χ1n) is 9.54. The zero-order valence-electron chi connectivity index (χ0n) is 15.8. The maximum Gasteiger partial charge on any atom is 0.412 e. The Morgan fingerprint density at radius 2 is 1.72 bits per heavy atom. The van der Waals surface area contributed by atoms with Crippen LogP contribution in [-0.2, 0) is 17.8 Å². The molecule has 1 fully saturated rings. The van der Waals surface area contributed by atoms with Gasteiger partial charge in [-0.25, -0.2) is 0 Å². The van der Waals surface area contributed by atoms with E-state index in [2.05, 4.69) is 15.5 Å². The summed E-state index contributed by atoms with van der Waals surface area (Å²) in [5.74, 6) is -0.737. The number of hydrogen-bond acceptors (Lipinski definition) is 4. The van der Waals surface area contributed by atoms with Gasteiger partial charge in [0.15, 0.2) is 6.04 Å². The molecule has 1 saturated heterocycles. The van der Waals surface area contributed by atoms with Crippen molar-refractivity contribution >= 4 is 11.6 Å². The summed E-state index contributed by atoms with van der Waals surface area (Å²) in [5.41, 5.74) is 3.08. The van der Waals surface area contributed by atoms with Gasteiger partial charge in [0.05, 0.1) is 13.2 Å². The number of amides is 1. The molecule has 154 valence electrons. The Bertz CT molecular complexity index is 878. The van der Waals surface area contributed by atoms with Crippen molar-refractivity contribution in [3.8, 4) is 0 Å². The number of nitrogens with zero attached hydrogens (tertiary/aromatic N) is 1. The Morgan fingerprint density at radius 3 is 2.41 bits per heavy atom. The predicted octanol–water partition coefficient (Wildman–Crippen LogP) is 3.16. The highest BCUT2D eigenvalue weighted by Gasteiger charge is 2.42. The first-order chi connectivity index (χ1) is 13.9. The minimum absolute atomic E-state index is 0.00526. The van der Waals surface area contributed by atoms with Crippen molar-refractivity contribution in [2.75, 3.05) is 31.2 Å². The highest BCUT2D eigenvalue weighted by molar-refractivity contribution is 5.94. The number of rotatable bonds is 4. The number of morpholine rings is 1. The molecule has 29 heavy (non-hydrogen) atoms. The van der Waals surface area contributed by atoms with Gasteiger partial charge < -0.3 is 20.3 Å². The van der Waals surface area contributed by atoms with Gasteiger partial charge in [-0.3, -0.25) is 4.79 Å². The van der Waals surface area contributed by atoms with Crippen molar-refractivity contribution in [2.24, 2.45) is 0 Å². The number of carbonyl (C=O) groups excluding carboxylic acids is 1. The highest BCUT2D eigenvalue weighted by Crippen LogP contribution is 2.34. The number of benzene rings is 2. The SMILES string of the molecule is O=C(N[C@H](c1ccc(N2CCOCC2)cc1)C(F)(F)F)c1ccc2c(c1)CNC2. The van der Waals surface area contributed by atoms with E-state index in [1.54, 1.807) is 30.3 Å². The Morgan fingerprint density at radius 1 is 1.03 bits per heavy atom. The molecule has 0 bridgehead atoms. The monoisotopic (exact) mass is 405 g/mol. The summed E-state index contributed by atoms with van der Waals surface area (Å²) in [5, 5.41) is 5.32. The van der Waals surface area contributed by atoms with Crippen LogP contribution in [0, 0.1) is 0 Å². The number of halogens is 3. The molecule has 2 aromatic rings. The molecular formula is C21H22F3N3O2. The van der Waals surface area contributed by atoms with E-state index in [0.717, 1.165) is 16.8 Å². The first kappa shape index (κ1) is 19.7. The summed E-state index contributed by atoms with van der Waals surface area (Å²) < 4.78 is 46.4. The molecule has 2 aliphatic heterocycles. The van der Waals surface area contributed by atoms with Gasteiger partial charge in [0.1, 0.15) is 0 Å². The zero-order valence-corrected chi connectivity index (χ0v) is 15.8. The normalized spacial score (nSPS) is 17.7. The van der Waals surface area contributed by atoms with Gasteiger partial charge in [-0.2, -0.15) is 13.2 Å². The Hall–Kier alpha value is -2.58. The lowest BCUT2D eigenvalue weighted by atomic mass is 10.0. The number of hydrogen-bond donors (Lipinski definition) is 2. The van der Waals surface area contributed by atoms with Gasteiger partial charge in [-0.05, 0) is 41.0 Å². The molecule has 0 radical (unpaired) electrons. The molecule has 0 spiro atoms. The molecule has 0 aromatic heterocycles. The minimum Gasteiger partial charge on any atom is -0.378 e. The number of nitrogens with one attached hydrogen (secondary N) is 2. The Balaban J connectivity index is 1.52. The highest BCUT2D eigenvalue weighted by atomic mass is 19.4. The Kier molecular flexibility index (Phi) is 5.47. The molecule has 8 heteroatoms. The number of alkyl halides is 3. The third kappa shape index (κ3) is 4.38. The maximum atomic E-state index is 13.7. The second-order valence-corrected chi connectivity index (χ2v) is 7.23. The lowest BCUT2D eigenvalue weighted by Gasteiger charge is -2.29. The van der Waals surface area contributed by atoms with Crippen LogP contribution < -0.4 is 15.5 Å². The van der Waals surface area contributed by atoms with Crippen molar-refractivity contribution < 1.29 is 22.7 Å². The van der Waals surface area contributed by atoms with Crippen LogP contribution in [0.25, 0.3) is 0 Å². The molecule has 2 aliphatic rings. The van der Waals surface area contributed by atoms with Crippen LogP contribution in [0.15, 0.2) is 42.5 Å². The predicted molar refractivity (Wildman–Crippen MR) is 103 cm³/mol. The van der Waals surface area contributed by atoms with Crippen molar-refractivity contribution in [3.05, 3.63) is 64.7 Å². The number of anilines is 1.